The van der Waals surface area contributed by atoms with Crippen LogP contribution in [0.3, 0.4) is 0 Å². The molecule has 2 unspecified atom stereocenters. The normalized spacial score (nSPS) is 15.0. The van der Waals surface area contributed by atoms with E-state index in [0.29, 0.717) is 28.9 Å². The zero-order valence-electron chi connectivity index (χ0n) is 34.2. The van der Waals surface area contributed by atoms with E-state index >= 15 is 0 Å². The van der Waals surface area contributed by atoms with Gasteiger partial charge in [-0.05, 0) is 47.5 Å². The highest BCUT2D eigenvalue weighted by molar-refractivity contribution is 6.13. The lowest BCUT2D eigenvalue weighted by atomic mass is 9.83. The van der Waals surface area contributed by atoms with Gasteiger partial charge in [0, 0.05) is 56.3 Å². The Balaban J connectivity index is 1.35. The quantitative estimate of drug-likeness (QED) is 0.181. The summed E-state index contributed by atoms with van der Waals surface area (Å²) in [5.74, 6) is -0.0691. The summed E-state index contributed by atoms with van der Waals surface area (Å²) in [6.07, 6.45) is 8.69. The molecule has 296 valence electrons. The van der Waals surface area contributed by atoms with E-state index in [0.717, 1.165) is 87.8 Å². The van der Waals surface area contributed by atoms with E-state index in [1.165, 1.54) is 0 Å². The number of nitrogens with two attached hydrogens (primary N) is 1. The molecule has 8 aromatic carbocycles. The first-order valence-electron chi connectivity index (χ1n) is 21.3. The molecular weight excluding hydrogens is 769 g/mol. The molecule has 0 bridgehead atoms. The van der Waals surface area contributed by atoms with Crippen molar-refractivity contribution in [3.05, 3.63) is 222 Å². The van der Waals surface area contributed by atoms with Crippen molar-refractivity contribution in [2.75, 3.05) is 0 Å². The first kappa shape index (κ1) is 36.4. The molecule has 1 aliphatic carbocycles. The van der Waals surface area contributed by atoms with Gasteiger partial charge in [-0.15, -0.1) is 0 Å². The van der Waals surface area contributed by atoms with E-state index in [1.54, 1.807) is 0 Å². The van der Waals surface area contributed by atoms with Crippen molar-refractivity contribution in [1.29, 1.82) is 10.5 Å². The molecule has 0 spiro atoms. The highest BCUT2D eigenvalue weighted by Crippen LogP contribution is 2.47. The lowest BCUT2D eigenvalue weighted by Gasteiger charge is -2.28. The van der Waals surface area contributed by atoms with Gasteiger partial charge in [-0.1, -0.05) is 158 Å². The van der Waals surface area contributed by atoms with E-state index in [2.05, 4.69) is 184 Å². The maximum Gasteiger partial charge on any atom is 0.104 e. The molecule has 11 aromatic rings. The van der Waals surface area contributed by atoms with E-state index in [9.17, 15) is 10.5 Å². The van der Waals surface area contributed by atoms with Crippen LogP contribution in [0.15, 0.2) is 194 Å². The van der Waals surface area contributed by atoms with Gasteiger partial charge in [-0.2, -0.15) is 10.5 Å². The Morgan fingerprint density at radius 2 is 0.778 bits per heavy atom. The van der Waals surface area contributed by atoms with Crippen LogP contribution in [0.25, 0.3) is 82.5 Å². The summed E-state index contributed by atoms with van der Waals surface area (Å²) in [5.41, 5.74) is 18.4. The average Bonchev–Trinajstić information content (AvgIpc) is 3.97. The van der Waals surface area contributed by atoms with Gasteiger partial charge in [0.25, 0.3) is 0 Å². The Morgan fingerprint density at radius 3 is 1.21 bits per heavy atom. The minimum Gasteiger partial charge on any atom is -0.324 e. The summed E-state index contributed by atoms with van der Waals surface area (Å²) >= 11 is 0. The molecule has 63 heavy (non-hydrogen) atoms. The zero-order valence-corrected chi connectivity index (χ0v) is 34.2. The molecule has 0 amide bonds. The van der Waals surface area contributed by atoms with Crippen molar-refractivity contribution in [2.24, 2.45) is 5.73 Å². The Morgan fingerprint density at radius 1 is 0.413 bits per heavy atom. The zero-order chi connectivity index (χ0) is 42.2. The fourth-order valence-electron chi connectivity index (χ4n) is 10.5. The number of nitriles is 2. The first-order valence-corrected chi connectivity index (χ1v) is 21.3. The second-order valence-electron chi connectivity index (χ2n) is 16.4. The van der Waals surface area contributed by atoms with E-state index in [4.69, 9.17) is 5.73 Å². The number of aromatic nitrogens is 3. The van der Waals surface area contributed by atoms with Gasteiger partial charge >= 0.3 is 0 Å². The Bertz CT molecular complexity index is 3680. The van der Waals surface area contributed by atoms with Crippen molar-refractivity contribution >= 4 is 65.4 Å². The third kappa shape index (κ3) is 5.33. The van der Waals surface area contributed by atoms with Crippen molar-refractivity contribution in [3.8, 4) is 29.2 Å². The molecular formula is C57H38N6. The van der Waals surface area contributed by atoms with E-state index in [1.807, 2.05) is 36.4 Å². The van der Waals surface area contributed by atoms with Gasteiger partial charge in [-0.3, -0.25) is 0 Å². The molecule has 3 heterocycles. The molecule has 0 aliphatic heterocycles. The molecule has 0 saturated carbocycles. The van der Waals surface area contributed by atoms with Crippen LogP contribution < -0.4 is 5.73 Å². The van der Waals surface area contributed by atoms with Crippen molar-refractivity contribution < 1.29 is 0 Å². The third-order valence-corrected chi connectivity index (χ3v) is 13.1. The highest BCUT2D eigenvalue weighted by atomic mass is 15.1. The maximum absolute atomic E-state index is 12.1. The van der Waals surface area contributed by atoms with Gasteiger partial charge in [-0.25, -0.2) is 0 Å². The molecule has 12 rings (SSSR count). The minimum absolute atomic E-state index is 0.0691. The van der Waals surface area contributed by atoms with Crippen molar-refractivity contribution in [2.45, 2.75) is 18.4 Å². The summed E-state index contributed by atoms with van der Waals surface area (Å²) in [6.45, 7) is 0. The number of benzene rings is 8. The first-order chi connectivity index (χ1) is 31.2. The van der Waals surface area contributed by atoms with Crippen LogP contribution in [0.4, 0.5) is 0 Å². The third-order valence-electron chi connectivity index (χ3n) is 13.1. The number of para-hydroxylation sites is 6. The molecule has 0 radical (unpaired) electrons. The summed E-state index contributed by atoms with van der Waals surface area (Å²) < 4.78 is 6.75. The lowest BCUT2D eigenvalue weighted by molar-refractivity contribution is 0.707. The monoisotopic (exact) mass is 806 g/mol. The predicted octanol–water partition coefficient (Wildman–Crippen LogP) is 12.8. The summed E-state index contributed by atoms with van der Waals surface area (Å²) in [6, 6.07) is 64.2. The van der Waals surface area contributed by atoms with Crippen LogP contribution in [-0.4, -0.2) is 19.7 Å². The minimum atomic E-state index is -0.217. The predicted molar refractivity (Wildman–Crippen MR) is 257 cm³/mol. The lowest BCUT2D eigenvalue weighted by Crippen LogP contribution is -2.27. The summed E-state index contributed by atoms with van der Waals surface area (Å²) in [4.78, 5) is 0. The van der Waals surface area contributed by atoms with Crippen molar-refractivity contribution in [3.63, 3.8) is 0 Å². The van der Waals surface area contributed by atoms with Gasteiger partial charge in [0.2, 0.25) is 0 Å². The van der Waals surface area contributed by atoms with Crippen LogP contribution >= 0.6 is 0 Å². The standard InChI is InChI=1S/C57H38N6/c58-34-46-45(33-36-17-1-2-18-37(36)38-19-3-10-26-48(38)60)56(62-51-29-13-6-22-41(51)42-23-7-14-30-52(42)62)57(63-53-31-15-8-24-43(53)44-25-9-16-32-54(44)63)47(35-59)55(46)61-49-27-11-4-20-39(49)40-21-5-12-28-50(40)61/h1-32,38,48H,33,60H2. The Kier molecular flexibility index (Phi) is 8.30. The molecule has 1 aliphatic rings. The van der Waals surface area contributed by atoms with Gasteiger partial charge in [0.05, 0.1) is 55.7 Å². The fourth-order valence-corrected chi connectivity index (χ4v) is 10.5. The topological polar surface area (TPSA) is 88.4 Å². The van der Waals surface area contributed by atoms with Crippen LogP contribution in [0.5, 0.6) is 0 Å². The molecule has 6 nitrogen and oxygen atoms in total. The Hall–Kier alpha value is -8.42. The molecule has 0 fully saturated rings. The number of nitrogens with zero attached hydrogens (tertiary/aromatic N) is 5. The second kappa shape index (κ2) is 14.4. The smallest absolute Gasteiger partial charge is 0.104 e. The van der Waals surface area contributed by atoms with E-state index in [-0.39, 0.29) is 12.0 Å². The molecule has 6 heteroatoms. The van der Waals surface area contributed by atoms with Gasteiger partial charge < -0.3 is 19.4 Å². The molecule has 2 N–H and O–H groups in total. The van der Waals surface area contributed by atoms with Crippen molar-refractivity contribution in [1.82, 2.24) is 13.7 Å². The van der Waals surface area contributed by atoms with Gasteiger partial charge in [0.1, 0.15) is 17.7 Å². The second-order valence-corrected chi connectivity index (χ2v) is 16.4. The maximum atomic E-state index is 12.1. The number of hydrogen-bond donors (Lipinski definition) is 1. The van der Waals surface area contributed by atoms with Crippen LogP contribution in [0.1, 0.15) is 33.7 Å². The van der Waals surface area contributed by atoms with Crippen LogP contribution in [-0.2, 0) is 6.42 Å². The number of hydrogen-bond acceptors (Lipinski definition) is 3. The fraction of sp³-hybridized carbons (Fsp3) is 0.0526. The molecule has 2 atom stereocenters. The SMILES string of the molecule is N#Cc1c(Cc2ccccc2C2C=CC=CC2N)c(-n2c3ccccc3c3ccccc32)c(-n2c3ccccc3c3ccccc32)c(C#N)c1-n1c2ccccc2c2ccccc21. The summed E-state index contributed by atoms with van der Waals surface area (Å²) in [5, 5.41) is 30.4. The number of fused-ring (bicyclic) bond motifs is 9. The van der Waals surface area contributed by atoms with E-state index < -0.39 is 0 Å². The molecule has 0 saturated heterocycles. The number of allylic oxidation sites excluding steroid dienone is 2. The molecule has 3 aromatic heterocycles. The number of rotatable bonds is 6. The largest absolute Gasteiger partial charge is 0.324 e. The Labute approximate surface area is 363 Å². The van der Waals surface area contributed by atoms with Crippen LogP contribution in [0.2, 0.25) is 0 Å². The average molecular weight is 807 g/mol. The summed E-state index contributed by atoms with van der Waals surface area (Å²) in [7, 11) is 0. The van der Waals surface area contributed by atoms with Gasteiger partial charge in [0.15, 0.2) is 0 Å². The van der Waals surface area contributed by atoms with Crippen LogP contribution in [0, 0.1) is 22.7 Å². The highest BCUT2D eigenvalue weighted by Gasteiger charge is 2.33.